The SMILES string of the molecule is CCCCOC(COCc1c(C)noc1C)COP(=O)([O-])CC[N+](C)(C)C. The molecular formula is C18H35N2O6P. The lowest BCUT2D eigenvalue weighted by molar-refractivity contribution is -0.868. The summed E-state index contributed by atoms with van der Waals surface area (Å²) in [7, 11) is 1.93. The largest absolute Gasteiger partial charge is 0.778 e. The van der Waals surface area contributed by atoms with Gasteiger partial charge in [0.2, 0.25) is 0 Å². The average molecular weight is 406 g/mol. The summed E-state index contributed by atoms with van der Waals surface area (Å²) in [5.41, 5.74) is 1.69. The average Bonchev–Trinajstić information content (AvgIpc) is 2.89. The van der Waals surface area contributed by atoms with E-state index >= 15 is 0 Å². The molecule has 2 atom stereocenters. The highest BCUT2D eigenvalue weighted by atomic mass is 31.2. The molecule has 158 valence electrons. The van der Waals surface area contributed by atoms with Crippen LogP contribution in [0.25, 0.3) is 0 Å². The maximum Gasteiger partial charge on any atom is 0.140 e. The second-order valence-electron chi connectivity index (χ2n) is 7.81. The Morgan fingerprint density at radius 1 is 1.26 bits per heavy atom. The first-order chi connectivity index (χ1) is 12.5. The van der Waals surface area contributed by atoms with Crippen molar-refractivity contribution in [2.75, 3.05) is 53.7 Å². The van der Waals surface area contributed by atoms with Crippen LogP contribution in [-0.4, -0.2) is 69.4 Å². The number of hydrogen-bond donors (Lipinski definition) is 0. The molecular weight excluding hydrogens is 371 g/mol. The second kappa shape index (κ2) is 11.3. The number of hydrogen-bond acceptors (Lipinski definition) is 7. The topological polar surface area (TPSA) is 93.8 Å². The third-order valence-corrected chi connectivity index (χ3v) is 5.37. The Morgan fingerprint density at radius 2 is 1.96 bits per heavy atom. The van der Waals surface area contributed by atoms with Crippen LogP contribution in [-0.2, 0) is 25.2 Å². The highest BCUT2D eigenvalue weighted by molar-refractivity contribution is 7.51. The summed E-state index contributed by atoms with van der Waals surface area (Å²) in [6, 6.07) is 0. The van der Waals surface area contributed by atoms with Gasteiger partial charge in [0.1, 0.15) is 19.5 Å². The quantitative estimate of drug-likeness (QED) is 0.266. The van der Waals surface area contributed by atoms with E-state index in [2.05, 4.69) is 12.1 Å². The van der Waals surface area contributed by atoms with Gasteiger partial charge in [-0.2, -0.15) is 0 Å². The van der Waals surface area contributed by atoms with E-state index in [1.54, 1.807) is 0 Å². The summed E-state index contributed by atoms with van der Waals surface area (Å²) >= 11 is 0. The van der Waals surface area contributed by atoms with Crippen molar-refractivity contribution in [3.05, 3.63) is 17.0 Å². The van der Waals surface area contributed by atoms with Gasteiger partial charge in [0.25, 0.3) is 0 Å². The van der Waals surface area contributed by atoms with Crippen LogP contribution in [0.1, 0.15) is 36.8 Å². The number of ether oxygens (including phenoxy) is 2. The molecule has 27 heavy (non-hydrogen) atoms. The summed E-state index contributed by atoms with van der Waals surface area (Å²) in [6.07, 6.45) is 1.45. The van der Waals surface area contributed by atoms with Gasteiger partial charge in [0.15, 0.2) is 0 Å². The number of unbranched alkanes of at least 4 members (excludes halogenated alkanes) is 1. The molecule has 0 aliphatic heterocycles. The van der Waals surface area contributed by atoms with Crippen molar-refractivity contribution in [3.63, 3.8) is 0 Å². The third-order valence-electron chi connectivity index (χ3n) is 4.08. The van der Waals surface area contributed by atoms with Crippen molar-refractivity contribution in [1.82, 2.24) is 5.16 Å². The highest BCUT2D eigenvalue weighted by Crippen LogP contribution is 2.37. The Labute approximate surface area is 162 Å². The van der Waals surface area contributed by atoms with Gasteiger partial charge in [-0.15, -0.1) is 0 Å². The lowest BCUT2D eigenvalue weighted by atomic mass is 10.2. The zero-order chi connectivity index (χ0) is 20.5. The molecule has 0 aromatic carbocycles. The van der Waals surface area contributed by atoms with E-state index < -0.39 is 13.7 Å². The zero-order valence-electron chi connectivity index (χ0n) is 17.5. The van der Waals surface area contributed by atoms with Crippen LogP contribution < -0.4 is 4.89 Å². The fraction of sp³-hybridized carbons (Fsp3) is 0.833. The molecule has 1 heterocycles. The van der Waals surface area contributed by atoms with Crippen LogP contribution in [0.4, 0.5) is 0 Å². The number of nitrogens with zero attached hydrogens (tertiary/aromatic N) is 2. The summed E-state index contributed by atoms with van der Waals surface area (Å²) in [6.45, 7) is 7.33. The fourth-order valence-corrected chi connectivity index (χ4v) is 3.59. The van der Waals surface area contributed by atoms with Crippen molar-refractivity contribution in [3.8, 4) is 0 Å². The van der Waals surface area contributed by atoms with Crippen molar-refractivity contribution in [2.45, 2.75) is 46.3 Å². The summed E-state index contributed by atoms with van der Waals surface area (Å²) in [5.74, 6) is 0.719. The smallest absolute Gasteiger partial charge is 0.140 e. The lowest BCUT2D eigenvalue weighted by Gasteiger charge is -2.30. The van der Waals surface area contributed by atoms with Crippen molar-refractivity contribution >= 4 is 7.60 Å². The van der Waals surface area contributed by atoms with E-state index in [-0.39, 0.29) is 19.4 Å². The Bertz CT molecular complexity index is 580. The molecule has 0 aliphatic rings. The molecule has 1 rings (SSSR count). The van der Waals surface area contributed by atoms with Crippen molar-refractivity contribution < 1.29 is 32.5 Å². The van der Waals surface area contributed by atoms with E-state index in [0.29, 0.717) is 24.2 Å². The van der Waals surface area contributed by atoms with E-state index in [0.717, 1.165) is 29.9 Å². The van der Waals surface area contributed by atoms with Gasteiger partial charge in [-0.1, -0.05) is 18.5 Å². The van der Waals surface area contributed by atoms with Gasteiger partial charge < -0.3 is 32.5 Å². The maximum atomic E-state index is 12.1. The molecule has 0 saturated carbocycles. The van der Waals surface area contributed by atoms with Crippen LogP contribution in [0.3, 0.4) is 0 Å². The minimum atomic E-state index is -3.90. The van der Waals surface area contributed by atoms with E-state index in [1.807, 2.05) is 35.0 Å². The van der Waals surface area contributed by atoms with Gasteiger partial charge in [0.05, 0.1) is 59.4 Å². The third kappa shape index (κ3) is 10.4. The molecule has 0 aliphatic carbocycles. The first-order valence-electron chi connectivity index (χ1n) is 9.40. The molecule has 9 heteroatoms. The second-order valence-corrected chi connectivity index (χ2v) is 9.74. The van der Waals surface area contributed by atoms with Crippen molar-refractivity contribution in [2.24, 2.45) is 0 Å². The molecule has 1 aromatic heterocycles. The molecule has 0 radical (unpaired) electrons. The van der Waals surface area contributed by atoms with Gasteiger partial charge in [-0.3, -0.25) is 0 Å². The van der Waals surface area contributed by atoms with Crippen LogP contribution >= 0.6 is 7.60 Å². The Balaban J connectivity index is 2.51. The first kappa shape index (κ1) is 24.3. The molecule has 1 aromatic rings. The maximum absolute atomic E-state index is 12.1. The number of aryl methyl sites for hydroxylation is 2. The normalized spacial score (nSPS) is 15.7. The van der Waals surface area contributed by atoms with Gasteiger partial charge >= 0.3 is 0 Å². The van der Waals surface area contributed by atoms with Gasteiger partial charge in [-0.25, -0.2) is 0 Å². The van der Waals surface area contributed by atoms with Crippen molar-refractivity contribution in [1.29, 1.82) is 0 Å². The number of aromatic nitrogens is 1. The number of quaternary nitrogens is 1. The lowest BCUT2D eigenvalue weighted by Crippen LogP contribution is -2.38. The molecule has 0 N–H and O–H groups in total. The molecule has 0 spiro atoms. The van der Waals surface area contributed by atoms with Crippen LogP contribution in [0, 0.1) is 13.8 Å². The minimum Gasteiger partial charge on any atom is -0.778 e. The molecule has 2 unspecified atom stereocenters. The van der Waals surface area contributed by atoms with Crippen LogP contribution in [0.15, 0.2) is 4.52 Å². The first-order valence-corrected chi connectivity index (χ1v) is 11.1. The Hall–Kier alpha value is -0.760. The molecule has 0 amide bonds. The monoisotopic (exact) mass is 406 g/mol. The standard InChI is InChI=1S/C18H35N2O6P/c1-7-8-10-24-17(12-23-14-18-15(2)19-26-16(18)3)13-25-27(21,22)11-9-20(4,5)6/h17H,7-14H2,1-6H3. The van der Waals surface area contributed by atoms with Crippen LogP contribution in [0.2, 0.25) is 0 Å². The predicted molar refractivity (Wildman–Crippen MR) is 102 cm³/mol. The molecule has 0 bridgehead atoms. The summed E-state index contributed by atoms with van der Waals surface area (Å²) in [4.78, 5) is 12.1. The zero-order valence-corrected chi connectivity index (χ0v) is 18.4. The summed E-state index contributed by atoms with van der Waals surface area (Å²) < 4.78 is 34.5. The van der Waals surface area contributed by atoms with Gasteiger partial charge in [-0.05, 0) is 20.3 Å². The van der Waals surface area contributed by atoms with E-state index in [4.69, 9.17) is 18.5 Å². The molecule has 0 fully saturated rings. The summed E-state index contributed by atoms with van der Waals surface area (Å²) in [5, 5.41) is 3.89. The van der Waals surface area contributed by atoms with Crippen LogP contribution in [0.5, 0.6) is 0 Å². The fourth-order valence-electron chi connectivity index (χ4n) is 2.22. The van der Waals surface area contributed by atoms with E-state index in [9.17, 15) is 9.46 Å². The Morgan fingerprint density at radius 3 is 2.52 bits per heavy atom. The van der Waals surface area contributed by atoms with Gasteiger partial charge in [0, 0.05) is 12.2 Å². The Kier molecular flexibility index (Phi) is 10.2. The molecule has 0 saturated heterocycles. The molecule has 8 nitrogen and oxygen atoms in total. The highest BCUT2D eigenvalue weighted by Gasteiger charge is 2.19. The predicted octanol–water partition coefficient (Wildman–Crippen LogP) is 2.27. The number of rotatable bonds is 14. The van der Waals surface area contributed by atoms with E-state index in [1.165, 1.54) is 0 Å². The minimum absolute atomic E-state index is 0.00187.